The van der Waals surface area contributed by atoms with Crippen LogP contribution in [0.25, 0.3) is 11.3 Å². The molecule has 0 atom stereocenters. The largest absolute Gasteiger partial charge is 0.496 e. The van der Waals surface area contributed by atoms with Gasteiger partial charge in [-0.05, 0) is 32.4 Å². The van der Waals surface area contributed by atoms with E-state index in [4.69, 9.17) is 24.1 Å². The number of methoxy groups -OCH3 is 1. The Morgan fingerprint density at radius 3 is 2.69 bits per heavy atom. The minimum Gasteiger partial charge on any atom is -0.496 e. The SMILES string of the molecule is CCOc1cc(-c2cc(NCCc3c(OC)cc4c(c3C)OCCO4)ncn2)cc(F)c1CC(=O)O. The first kappa shape index (κ1) is 25.0. The van der Waals surface area contributed by atoms with Gasteiger partial charge in [0.15, 0.2) is 11.5 Å². The topological polar surface area (TPSA) is 112 Å². The molecule has 0 unspecified atom stereocenters. The van der Waals surface area contributed by atoms with Crippen LogP contribution in [0, 0.1) is 12.7 Å². The average Bonchev–Trinajstić information content (AvgIpc) is 2.87. The number of nitrogens with one attached hydrogen (secondary N) is 1. The summed E-state index contributed by atoms with van der Waals surface area (Å²) >= 11 is 0. The Morgan fingerprint density at radius 2 is 1.94 bits per heavy atom. The Hall–Kier alpha value is -4.08. The quantitative estimate of drug-likeness (QED) is 0.428. The molecule has 9 nitrogen and oxygen atoms in total. The molecule has 0 fully saturated rings. The van der Waals surface area contributed by atoms with Gasteiger partial charge in [-0.25, -0.2) is 14.4 Å². The summed E-state index contributed by atoms with van der Waals surface area (Å²) < 4.78 is 37.3. The summed E-state index contributed by atoms with van der Waals surface area (Å²) in [6.07, 6.45) is 1.55. The molecule has 2 N–H and O–H groups in total. The van der Waals surface area contributed by atoms with Crippen molar-refractivity contribution in [3.8, 4) is 34.3 Å². The average molecular weight is 498 g/mol. The fraction of sp³-hybridized carbons (Fsp3) is 0.346. The highest BCUT2D eigenvalue weighted by Gasteiger charge is 2.21. The number of carbonyl (C=O) groups is 1. The molecule has 2 aromatic carbocycles. The predicted octanol–water partition coefficient (Wildman–Crippen LogP) is 4.05. The number of hydrogen-bond donors (Lipinski definition) is 2. The maximum absolute atomic E-state index is 14.8. The molecule has 0 spiro atoms. The monoisotopic (exact) mass is 497 g/mol. The number of rotatable bonds is 10. The zero-order valence-electron chi connectivity index (χ0n) is 20.4. The first-order chi connectivity index (χ1) is 17.4. The van der Waals surface area contributed by atoms with Gasteiger partial charge in [-0.1, -0.05) is 0 Å². The molecule has 1 aliphatic rings. The van der Waals surface area contributed by atoms with Crippen LogP contribution in [0.5, 0.6) is 23.0 Å². The van der Waals surface area contributed by atoms with Gasteiger partial charge in [0.1, 0.15) is 42.7 Å². The number of carboxylic acids is 1. The molecule has 3 aromatic rings. The van der Waals surface area contributed by atoms with E-state index in [9.17, 15) is 9.18 Å². The van der Waals surface area contributed by atoms with Crippen LogP contribution in [0.3, 0.4) is 0 Å². The van der Waals surface area contributed by atoms with Crippen LogP contribution >= 0.6 is 0 Å². The highest BCUT2D eigenvalue weighted by atomic mass is 19.1. The normalized spacial score (nSPS) is 12.2. The molecule has 10 heteroatoms. The molecule has 2 heterocycles. The van der Waals surface area contributed by atoms with Crippen LogP contribution in [0.4, 0.5) is 10.2 Å². The number of benzene rings is 2. The lowest BCUT2D eigenvalue weighted by molar-refractivity contribution is -0.136. The molecule has 0 bridgehead atoms. The van der Waals surface area contributed by atoms with Crippen molar-refractivity contribution in [3.05, 3.63) is 53.1 Å². The van der Waals surface area contributed by atoms with E-state index in [0.29, 0.717) is 49.0 Å². The van der Waals surface area contributed by atoms with Crippen molar-refractivity contribution in [2.45, 2.75) is 26.7 Å². The van der Waals surface area contributed by atoms with E-state index >= 15 is 0 Å². The second-order valence-electron chi connectivity index (χ2n) is 8.11. The fourth-order valence-electron chi connectivity index (χ4n) is 4.15. The van der Waals surface area contributed by atoms with Crippen molar-refractivity contribution in [1.29, 1.82) is 0 Å². The molecule has 4 rings (SSSR count). The summed E-state index contributed by atoms with van der Waals surface area (Å²) in [6, 6.07) is 6.41. The summed E-state index contributed by atoms with van der Waals surface area (Å²) in [5.41, 5.74) is 2.90. The molecular weight excluding hydrogens is 469 g/mol. The highest BCUT2D eigenvalue weighted by molar-refractivity contribution is 5.73. The van der Waals surface area contributed by atoms with Crippen molar-refractivity contribution in [2.24, 2.45) is 0 Å². The molecule has 36 heavy (non-hydrogen) atoms. The van der Waals surface area contributed by atoms with E-state index < -0.39 is 18.2 Å². The minimum atomic E-state index is -1.14. The molecule has 1 aromatic heterocycles. The van der Waals surface area contributed by atoms with E-state index in [1.165, 1.54) is 12.4 Å². The second kappa shape index (κ2) is 11.1. The molecule has 0 radical (unpaired) electrons. The number of anilines is 1. The van der Waals surface area contributed by atoms with E-state index in [2.05, 4.69) is 15.3 Å². The molecule has 0 amide bonds. The Morgan fingerprint density at radius 1 is 1.14 bits per heavy atom. The predicted molar refractivity (Wildman–Crippen MR) is 131 cm³/mol. The van der Waals surface area contributed by atoms with Gasteiger partial charge in [0.2, 0.25) is 0 Å². The third-order valence-corrected chi connectivity index (χ3v) is 5.81. The number of hydrogen-bond acceptors (Lipinski definition) is 8. The van der Waals surface area contributed by atoms with Crippen molar-refractivity contribution in [1.82, 2.24) is 9.97 Å². The standard InChI is InChI=1S/C26H28FN3O6/c1-4-34-22-10-16(9-19(27)18(22)11-25(31)32)20-12-24(30-14-29-20)28-6-5-17-15(2)26-23(13-21(17)33-3)35-7-8-36-26/h9-10,12-14H,4-8,11H2,1-3H3,(H,31,32)(H,28,29,30). The van der Waals surface area contributed by atoms with Crippen LogP contribution in [0.2, 0.25) is 0 Å². The van der Waals surface area contributed by atoms with Gasteiger partial charge >= 0.3 is 5.97 Å². The molecule has 1 aliphatic heterocycles. The number of halogens is 1. The van der Waals surface area contributed by atoms with Gasteiger partial charge in [-0.15, -0.1) is 0 Å². The van der Waals surface area contributed by atoms with E-state index in [1.54, 1.807) is 26.2 Å². The first-order valence-electron chi connectivity index (χ1n) is 11.6. The minimum absolute atomic E-state index is 0.00394. The van der Waals surface area contributed by atoms with Gasteiger partial charge in [0.25, 0.3) is 0 Å². The van der Waals surface area contributed by atoms with Crippen LogP contribution < -0.4 is 24.3 Å². The summed E-state index contributed by atoms with van der Waals surface area (Å²) in [5.74, 6) is 1.09. The summed E-state index contributed by atoms with van der Waals surface area (Å²) in [6.45, 7) is 5.56. The van der Waals surface area contributed by atoms with E-state index in [1.807, 2.05) is 13.0 Å². The van der Waals surface area contributed by atoms with Crippen LogP contribution in [0.1, 0.15) is 23.6 Å². The number of aromatic nitrogens is 2. The fourth-order valence-corrected chi connectivity index (χ4v) is 4.15. The number of aliphatic carboxylic acids is 1. The number of carboxylic acid groups (broad SMARTS) is 1. The Kier molecular flexibility index (Phi) is 7.72. The lowest BCUT2D eigenvalue weighted by atomic mass is 10.0. The van der Waals surface area contributed by atoms with Gasteiger partial charge < -0.3 is 29.4 Å². The number of ether oxygens (including phenoxy) is 4. The van der Waals surface area contributed by atoms with Crippen LogP contribution in [0.15, 0.2) is 30.6 Å². The second-order valence-corrected chi connectivity index (χ2v) is 8.11. The smallest absolute Gasteiger partial charge is 0.308 e. The van der Waals surface area contributed by atoms with Crippen molar-refractivity contribution >= 4 is 11.8 Å². The summed E-state index contributed by atoms with van der Waals surface area (Å²) in [7, 11) is 1.62. The molecule has 190 valence electrons. The number of nitrogens with zero attached hydrogens (tertiary/aromatic N) is 2. The zero-order chi connectivity index (χ0) is 25.7. The molecular formula is C26H28FN3O6. The van der Waals surface area contributed by atoms with E-state index in [0.717, 1.165) is 22.6 Å². The first-order valence-corrected chi connectivity index (χ1v) is 11.6. The van der Waals surface area contributed by atoms with Crippen molar-refractivity contribution in [2.75, 3.05) is 38.8 Å². The summed E-state index contributed by atoms with van der Waals surface area (Å²) in [4.78, 5) is 19.7. The Balaban J connectivity index is 1.52. The van der Waals surface area contributed by atoms with Crippen molar-refractivity contribution < 1.29 is 33.2 Å². The summed E-state index contributed by atoms with van der Waals surface area (Å²) in [5, 5.41) is 12.4. The highest BCUT2D eigenvalue weighted by Crippen LogP contribution is 2.41. The van der Waals surface area contributed by atoms with Crippen molar-refractivity contribution in [3.63, 3.8) is 0 Å². The maximum atomic E-state index is 14.8. The third kappa shape index (κ3) is 5.42. The maximum Gasteiger partial charge on any atom is 0.308 e. The van der Waals surface area contributed by atoms with Gasteiger partial charge in [-0.2, -0.15) is 0 Å². The lowest BCUT2D eigenvalue weighted by Crippen LogP contribution is -2.17. The third-order valence-electron chi connectivity index (χ3n) is 5.81. The van der Waals surface area contributed by atoms with Gasteiger partial charge in [0.05, 0.1) is 25.8 Å². The number of fused-ring (bicyclic) bond motifs is 1. The zero-order valence-corrected chi connectivity index (χ0v) is 20.4. The molecule has 0 saturated heterocycles. The Bertz CT molecular complexity index is 1270. The molecule has 0 aliphatic carbocycles. The van der Waals surface area contributed by atoms with Crippen LogP contribution in [-0.4, -0.2) is 54.5 Å². The van der Waals surface area contributed by atoms with Crippen LogP contribution in [-0.2, 0) is 17.6 Å². The van der Waals surface area contributed by atoms with E-state index in [-0.39, 0.29) is 17.9 Å². The lowest BCUT2D eigenvalue weighted by Gasteiger charge is -2.23. The Labute approximate surface area is 208 Å². The van der Waals surface area contributed by atoms with Gasteiger partial charge in [0, 0.05) is 40.9 Å². The van der Waals surface area contributed by atoms with Gasteiger partial charge in [-0.3, -0.25) is 4.79 Å². The molecule has 0 saturated carbocycles.